The van der Waals surface area contributed by atoms with Crippen LogP contribution in [0.4, 0.5) is 5.82 Å². The Balaban J connectivity index is 2.67. The molecule has 1 rings (SSSR count). The number of aliphatic hydroxyl groups is 1. The van der Waals surface area contributed by atoms with Crippen molar-refractivity contribution in [2.45, 2.75) is 32.9 Å². The molecular formula is C13H23N3O. The van der Waals surface area contributed by atoms with Crippen LogP contribution in [0, 0.1) is 0 Å². The molecule has 1 heterocycles. The van der Waals surface area contributed by atoms with E-state index in [1.54, 1.807) is 6.20 Å². The summed E-state index contributed by atoms with van der Waals surface area (Å²) >= 11 is 0. The standard InChI is InChI=1S/C13H23N3O/c1-5-16(10-13(2,3)17)9-11-6-7-15-12(8-11)14-4/h6-8,17H,5,9-10H2,1-4H3,(H,14,15). The highest BCUT2D eigenvalue weighted by molar-refractivity contribution is 5.36. The van der Waals surface area contributed by atoms with Crippen LogP contribution in [0.25, 0.3) is 0 Å². The Hall–Kier alpha value is -1.13. The molecule has 17 heavy (non-hydrogen) atoms. The van der Waals surface area contributed by atoms with E-state index in [1.165, 1.54) is 5.56 Å². The van der Waals surface area contributed by atoms with Gasteiger partial charge in [-0.15, -0.1) is 0 Å². The van der Waals surface area contributed by atoms with E-state index in [-0.39, 0.29) is 0 Å². The van der Waals surface area contributed by atoms with Gasteiger partial charge in [-0.2, -0.15) is 0 Å². The van der Waals surface area contributed by atoms with E-state index in [2.05, 4.69) is 22.1 Å². The van der Waals surface area contributed by atoms with Gasteiger partial charge in [0.2, 0.25) is 0 Å². The fourth-order valence-corrected chi connectivity index (χ4v) is 1.79. The van der Waals surface area contributed by atoms with E-state index >= 15 is 0 Å². The maximum atomic E-state index is 9.83. The number of anilines is 1. The van der Waals surface area contributed by atoms with E-state index in [0.29, 0.717) is 6.54 Å². The largest absolute Gasteiger partial charge is 0.389 e. The molecule has 0 saturated carbocycles. The molecule has 0 spiro atoms. The molecule has 0 aromatic carbocycles. The maximum Gasteiger partial charge on any atom is 0.125 e. The predicted octanol–water partition coefficient (Wildman–Crippen LogP) is 1.72. The molecular weight excluding hydrogens is 214 g/mol. The second-order valence-electron chi connectivity index (χ2n) is 4.92. The lowest BCUT2D eigenvalue weighted by atomic mass is 10.1. The summed E-state index contributed by atoms with van der Waals surface area (Å²) in [4.78, 5) is 6.40. The Bertz CT molecular complexity index is 347. The lowest BCUT2D eigenvalue weighted by molar-refractivity contribution is 0.0353. The first-order chi connectivity index (χ1) is 7.94. The van der Waals surface area contributed by atoms with Gasteiger partial charge in [0.05, 0.1) is 5.60 Å². The lowest BCUT2D eigenvalue weighted by Gasteiger charge is -2.28. The molecule has 4 nitrogen and oxygen atoms in total. The minimum absolute atomic E-state index is 0.658. The predicted molar refractivity (Wildman–Crippen MR) is 71.0 cm³/mol. The second-order valence-corrected chi connectivity index (χ2v) is 4.92. The van der Waals surface area contributed by atoms with Crippen LogP contribution in [0.1, 0.15) is 26.3 Å². The first-order valence-corrected chi connectivity index (χ1v) is 6.02. The van der Waals surface area contributed by atoms with Gasteiger partial charge in [0.25, 0.3) is 0 Å². The summed E-state index contributed by atoms with van der Waals surface area (Å²) in [6.07, 6.45) is 1.80. The normalized spacial score (nSPS) is 11.9. The molecule has 0 radical (unpaired) electrons. The van der Waals surface area contributed by atoms with Crippen molar-refractivity contribution in [1.29, 1.82) is 0 Å². The summed E-state index contributed by atoms with van der Waals surface area (Å²) in [6.45, 7) is 8.19. The number of nitrogens with zero attached hydrogens (tertiary/aromatic N) is 2. The van der Waals surface area contributed by atoms with Gasteiger partial charge < -0.3 is 10.4 Å². The first kappa shape index (κ1) is 13.9. The van der Waals surface area contributed by atoms with Gasteiger partial charge in [-0.1, -0.05) is 6.92 Å². The molecule has 0 aliphatic heterocycles. The smallest absolute Gasteiger partial charge is 0.125 e. The Kier molecular flexibility index (Phi) is 4.90. The quantitative estimate of drug-likeness (QED) is 0.791. The lowest BCUT2D eigenvalue weighted by Crippen LogP contribution is -2.38. The van der Waals surface area contributed by atoms with Crippen molar-refractivity contribution in [3.63, 3.8) is 0 Å². The van der Waals surface area contributed by atoms with E-state index in [4.69, 9.17) is 0 Å². The molecule has 0 bridgehead atoms. The third kappa shape index (κ3) is 5.15. The van der Waals surface area contributed by atoms with E-state index in [9.17, 15) is 5.11 Å². The molecule has 1 aromatic heterocycles. The Morgan fingerprint density at radius 3 is 2.71 bits per heavy atom. The summed E-state index contributed by atoms with van der Waals surface area (Å²) in [5.74, 6) is 0.877. The topological polar surface area (TPSA) is 48.4 Å². The molecule has 0 aliphatic rings. The third-order valence-corrected chi connectivity index (χ3v) is 2.54. The zero-order valence-corrected chi connectivity index (χ0v) is 11.2. The number of pyridine rings is 1. The Labute approximate surface area is 104 Å². The van der Waals surface area contributed by atoms with E-state index < -0.39 is 5.60 Å². The summed E-state index contributed by atoms with van der Waals surface area (Å²) in [7, 11) is 1.86. The number of aromatic nitrogens is 1. The summed E-state index contributed by atoms with van der Waals surface area (Å²) in [5, 5.41) is 12.9. The van der Waals surface area contributed by atoms with Crippen molar-refractivity contribution in [3.8, 4) is 0 Å². The molecule has 2 N–H and O–H groups in total. The summed E-state index contributed by atoms with van der Waals surface area (Å²) < 4.78 is 0. The SMILES string of the molecule is CCN(Cc1ccnc(NC)c1)CC(C)(C)O. The number of hydrogen-bond acceptors (Lipinski definition) is 4. The second kappa shape index (κ2) is 5.98. The van der Waals surface area contributed by atoms with Crippen molar-refractivity contribution in [1.82, 2.24) is 9.88 Å². The number of nitrogens with one attached hydrogen (secondary N) is 1. The molecule has 96 valence electrons. The fraction of sp³-hybridized carbons (Fsp3) is 0.615. The van der Waals surface area contributed by atoms with Crippen molar-refractivity contribution in [2.24, 2.45) is 0 Å². The molecule has 0 fully saturated rings. The number of likely N-dealkylation sites (N-methyl/N-ethyl adjacent to an activating group) is 1. The monoisotopic (exact) mass is 237 g/mol. The average Bonchev–Trinajstić information content (AvgIpc) is 2.26. The Morgan fingerprint density at radius 1 is 1.47 bits per heavy atom. The summed E-state index contributed by atoms with van der Waals surface area (Å²) in [5.41, 5.74) is 0.546. The van der Waals surface area contributed by atoms with Crippen LogP contribution in [0.3, 0.4) is 0 Å². The first-order valence-electron chi connectivity index (χ1n) is 6.02. The average molecular weight is 237 g/mol. The van der Waals surface area contributed by atoms with Gasteiger partial charge in [-0.25, -0.2) is 4.98 Å². The fourth-order valence-electron chi connectivity index (χ4n) is 1.79. The zero-order valence-electron chi connectivity index (χ0n) is 11.2. The highest BCUT2D eigenvalue weighted by Gasteiger charge is 2.17. The Morgan fingerprint density at radius 2 is 2.18 bits per heavy atom. The highest BCUT2D eigenvalue weighted by Crippen LogP contribution is 2.12. The number of rotatable bonds is 6. The molecule has 0 aliphatic carbocycles. The van der Waals surface area contributed by atoms with Crippen LogP contribution in [0.5, 0.6) is 0 Å². The molecule has 0 amide bonds. The molecule has 0 unspecified atom stereocenters. The third-order valence-electron chi connectivity index (χ3n) is 2.54. The van der Waals surface area contributed by atoms with Gasteiger partial charge in [0.15, 0.2) is 0 Å². The van der Waals surface area contributed by atoms with Crippen LogP contribution in [-0.2, 0) is 6.54 Å². The molecule has 4 heteroatoms. The van der Waals surface area contributed by atoms with Crippen molar-refractivity contribution in [2.75, 3.05) is 25.5 Å². The maximum absolute atomic E-state index is 9.83. The van der Waals surface area contributed by atoms with Crippen LogP contribution in [0.15, 0.2) is 18.3 Å². The highest BCUT2D eigenvalue weighted by atomic mass is 16.3. The molecule has 1 aromatic rings. The van der Waals surface area contributed by atoms with Crippen molar-refractivity contribution >= 4 is 5.82 Å². The van der Waals surface area contributed by atoms with Crippen LogP contribution in [-0.4, -0.2) is 40.7 Å². The van der Waals surface area contributed by atoms with Crippen molar-refractivity contribution in [3.05, 3.63) is 23.9 Å². The summed E-state index contributed by atoms with van der Waals surface area (Å²) in [6, 6.07) is 4.04. The molecule has 0 saturated heterocycles. The van der Waals surface area contributed by atoms with Crippen LogP contribution >= 0.6 is 0 Å². The zero-order chi connectivity index (χ0) is 12.9. The van der Waals surface area contributed by atoms with Crippen LogP contribution in [0.2, 0.25) is 0 Å². The van der Waals surface area contributed by atoms with E-state index in [1.807, 2.05) is 33.0 Å². The minimum atomic E-state index is -0.658. The van der Waals surface area contributed by atoms with Gasteiger partial charge in [0, 0.05) is 26.3 Å². The van der Waals surface area contributed by atoms with E-state index in [0.717, 1.165) is 18.9 Å². The number of hydrogen-bond donors (Lipinski definition) is 2. The van der Waals surface area contributed by atoms with Crippen molar-refractivity contribution < 1.29 is 5.11 Å². The van der Waals surface area contributed by atoms with Gasteiger partial charge in [-0.3, -0.25) is 4.90 Å². The van der Waals surface area contributed by atoms with Gasteiger partial charge in [-0.05, 0) is 38.1 Å². The van der Waals surface area contributed by atoms with Gasteiger partial charge >= 0.3 is 0 Å². The van der Waals surface area contributed by atoms with Gasteiger partial charge in [0.1, 0.15) is 5.82 Å². The molecule has 0 atom stereocenters. The minimum Gasteiger partial charge on any atom is -0.389 e. The van der Waals surface area contributed by atoms with Crippen LogP contribution < -0.4 is 5.32 Å².